The molecule has 21 heavy (non-hydrogen) atoms. The number of carbonyl (C=O) groups is 1. The number of rotatable bonds is 2. The summed E-state index contributed by atoms with van der Waals surface area (Å²) in [4.78, 5) is 15.8. The van der Waals surface area contributed by atoms with E-state index in [0.717, 1.165) is 0 Å². The lowest BCUT2D eigenvalue weighted by Crippen LogP contribution is -2.07. The van der Waals surface area contributed by atoms with Crippen LogP contribution in [-0.2, 0) is 9.53 Å². The van der Waals surface area contributed by atoms with Crippen molar-refractivity contribution in [2.75, 3.05) is 0 Å². The zero-order chi connectivity index (χ0) is 14.8. The molecule has 0 fully saturated rings. The first-order valence-corrected chi connectivity index (χ1v) is 6.54. The number of hydrogen-bond donors (Lipinski definition) is 0. The summed E-state index contributed by atoms with van der Waals surface area (Å²) in [6.45, 7) is 0. The average molecular weight is 302 g/mol. The fraction of sp³-hybridized carbons (Fsp3) is 0. The Morgan fingerprint density at radius 3 is 2.71 bits per heavy atom. The van der Waals surface area contributed by atoms with Crippen molar-refractivity contribution in [2.24, 2.45) is 4.99 Å². The predicted octanol–water partition coefficient (Wildman–Crippen LogP) is 3.82. The van der Waals surface area contributed by atoms with Crippen LogP contribution in [0, 0.1) is 5.82 Å². The molecule has 0 saturated carbocycles. The summed E-state index contributed by atoms with van der Waals surface area (Å²) in [5.41, 5.74) is 0.976. The lowest BCUT2D eigenvalue weighted by Gasteiger charge is -1.99. The maximum absolute atomic E-state index is 13.7. The fourth-order valence-electron chi connectivity index (χ4n) is 1.91. The monoisotopic (exact) mass is 301 g/mol. The second-order valence-electron chi connectivity index (χ2n) is 4.37. The first-order chi connectivity index (χ1) is 10.1. The van der Waals surface area contributed by atoms with E-state index in [2.05, 4.69) is 4.99 Å². The Balaban J connectivity index is 1.98. The molecule has 0 atom stereocenters. The maximum atomic E-state index is 13.7. The summed E-state index contributed by atoms with van der Waals surface area (Å²) in [5, 5.41) is 0.550. The molecule has 1 aliphatic rings. The topological polar surface area (TPSA) is 38.7 Å². The van der Waals surface area contributed by atoms with Crippen molar-refractivity contribution in [2.45, 2.75) is 0 Å². The van der Waals surface area contributed by atoms with Crippen LogP contribution < -0.4 is 0 Å². The van der Waals surface area contributed by atoms with E-state index in [1.165, 1.54) is 12.1 Å². The molecular formula is C16H9ClFNO2. The van der Waals surface area contributed by atoms with Crippen molar-refractivity contribution in [3.05, 3.63) is 76.2 Å². The van der Waals surface area contributed by atoms with E-state index in [1.807, 2.05) is 0 Å². The van der Waals surface area contributed by atoms with Crippen LogP contribution in [0.5, 0.6) is 0 Å². The summed E-state index contributed by atoms with van der Waals surface area (Å²) >= 11 is 5.88. The Morgan fingerprint density at radius 1 is 1.14 bits per heavy atom. The summed E-state index contributed by atoms with van der Waals surface area (Å²) in [6, 6.07) is 12.9. The van der Waals surface area contributed by atoms with Gasteiger partial charge in [-0.2, -0.15) is 0 Å². The molecule has 0 spiro atoms. The highest BCUT2D eigenvalue weighted by Gasteiger charge is 2.25. The number of nitrogens with zero attached hydrogens (tertiary/aromatic N) is 1. The predicted molar refractivity (Wildman–Crippen MR) is 78.5 cm³/mol. The molecular weight excluding hydrogens is 293 g/mol. The van der Waals surface area contributed by atoms with Gasteiger partial charge in [-0.1, -0.05) is 35.9 Å². The lowest BCUT2D eigenvalue weighted by atomic mass is 10.2. The van der Waals surface area contributed by atoms with Crippen LogP contribution in [0.15, 0.2) is 59.2 Å². The first-order valence-electron chi connectivity index (χ1n) is 6.16. The van der Waals surface area contributed by atoms with Crippen LogP contribution in [0.1, 0.15) is 11.1 Å². The van der Waals surface area contributed by atoms with Gasteiger partial charge in [0, 0.05) is 5.02 Å². The van der Waals surface area contributed by atoms with E-state index in [9.17, 15) is 9.18 Å². The second kappa shape index (κ2) is 5.50. The highest BCUT2D eigenvalue weighted by molar-refractivity contribution is 6.30. The Bertz CT molecular complexity index is 783. The zero-order valence-corrected chi connectivity index (χ0v) is 11.5. The van der Waals surface area contributed by atoms with Crippen molar-refractivity contribution in [3.8, 4) is 0 Å². The molecule has 0 radical (unpaired) electrons. The largest absolute Gasteiger partial charge is 0.402 e. The van der Waals surface area contributed by atoms with Crippen LogP contribution in [-0.4, -0.2) is 11.9 Å². The number of cyclic esters (lactones) is 1. The van der Waals surface area contributed by atoms with Crippen molar-refractivity contribution in [1.29, 1.82) is 0 Å². The number of halogens is 2. The van der Waals surface area contributed by atoms with Gasteiger partial charge in [-0.05, 0) is 35.9 Å². The van der Waals surface area contributed by atoms with E-state index in [0.29, 0.717) is 10.6 Å². The number of esters is 1. The molecule has 2 aromatic carbocycles. The standard InChI is InChI=1S/C16H9ClFNO2/c17-11-5-3-4-10(8-11)9-14-16(20)21-15(19-14)12-6-1-2-7-13(12)18/h1-9H/b14-9-. The van der Waals surface area contributed by atoms with Gasteiger partial charge in [0.25, 0.3) is 0 Å². The van der Waals surface area contributed by atoms with E-state index >= 15 is 0 Å². The van der Waals surface area contributed by atoms with Gasteiger partial charge in [0.15, 0.2) is 5.70 Å². The van der Waals surface area contributed by atoms with Crippen LogP contribution >= 0.6 is 11.6 Å². The van der Waals surface area contributed by atoms with Gasteiger partial charge in [0.2, 0.25) is 5.90 Å². The van der Waals surface area contributed by atoms with Crippen molar-refractivity contribution in [3.63, 3.8) is 0 Å². The molecule has 0 bridgehead atoms. The van der Waals surface area contributed by atoms with Gasteiger partial charge in [-0.25, -0.2) is 14.2 Å². The highest BCUT2D eigenvalue weighted by atomic mass is 35.5. The lowest BCUT2D eigenvalue weighted by molar-refractivity contribution is -0.129. The van der Waals surface area contributed by atoms with Crippen LogP contribution in [0.25, 0.3) is 6.08 Å². The van der Waals surface area contributed by atoms with Gasteiger partial charge in [0.05, 0.1) is 5.56 Å². The van der Waals surface area contributed by atoms with Crippen LogP contribution in [0.4, 0.5) is 4.39 Å². The van der Waals surface area contributed by atoms with Gasteiger partial charge in [0.1, 0.15) is 5.82 Å². The number of carbonyl (C=O) groups excluding carboxylic acids is 1. The molecule has 3 rings (SSSR count). The number of hydrogen-bond acceptors (Lipinski definition) is 3. The van der Waals surface area contributed by atoms with Crippen molar-refractivity contribution < 1.29 is 13.9 Å². The Morgan fingerprint density at radius 2 is 1.95 bits per heavy atom. The fourth-order valence-corrected chi connectivity index (χ4v) is 2.11. The molecule has 0 unspecified atom stereocenters. The summed E-state index contributed by atoms with van der Waals surface area (Å²) in [6.07, 6.45) is 1.54. The summed E-state index contributed by atoms with van der Waals surface area (Å²) in [5.74, 6) is -1.15. The summed E-state index contributed by atoms with van der Waals surface area (Å²) < 4.78 is 18.7. The molecule has 104 valence electrons. The van der Waals surface area contributed by atoms with E-state index < -0.39 is 11.8 Å². The molecule has 0 amide bonds. The van der Waals surface area contributed by atoms with Crippen molar-refractivity contribution >= 4 is 29.5 Å². The minimum Gasteiger partial charge on any atom is -0.402 e. The van der Waals surface area contributed by atoms with Crippen molar-refractivity contribution in [1.82, 2.24) is 0 Å². The minimum absolute atomic E-state index is 0.0358. The Kier molecular flexibility index (Phi) is 3.54. The van der Waals surface area contributed by atoms with Crippen LogP contribution in [0.3, 0.4) is 0 Å². The zero-order valence-electron chi connectivity index (χ0n) is 10.7. The molecule has 0 aliphatic carbocycles. The van der Waals surface area contributed by atoms with E-state index in [1.54, 1.807) is 42.5 Å². The third kappa shape index (κ3) is 2.85. The molecule has 3 nitrogen and oxygen atoms in total. The third-order valence-electron chi connectivity index (χ3n) is 2.88. The van der Waals surface area contributed by atoms with E-state index in [-0.39, 0.29) is 17.2 Å². The molecule has 1 aliphatic heterocycles. The van der Waals surface area contributed by atoms with Gasteiger partial charge in [-0.15, -0.1) is 0 Å². The summed E-state index contributed by atoms with van der Waals surface area (Å²) in [7, 11) is 0. The average Bonchev–Trinajstić information content (AvgIpc) is 2.80. The molecule has 5 heteroatoms. The third-order valence-corrected chi connectivity index (χ3v) is 3.11. The highest BCUT2D eigenvalue weighted by Crippen LogP contribution is 2.21. The second-order valence-corrected chi connectivity index (χ2v) is 4.81. The minimum atomic E-state index is -0.617. The Labute approximate surface area is 125 Å². The van der Waals surface area contributed by atoms with Gasteiger partial charge >= 0.3 is 5.97 Å². The first kappa shape index (κ1) is 13.5. The Hall–Kier alpha value is -2.46. The molecule has 0 saturated heterocycles. The van der Waals surface area contributed by atoms with E-state index in [4.69, 9.17) is 16.3 Å². The maximum Gasteiger partial charge on any atom is 0.363 e. The van der Waals surface area contributed by atoms with Gasteiger partial charge in [-0.3, -0.25) is 0 Å². The molecule has 0 N–H and O–H groups in total. The molecule has 1 heterocycles. The number of aliphatic imine (C=N–C) groups is 1. The quantitative estimate of drug-likeness (QED) is 0.625. The van der Waals surface area contributed by atoms with Gasteiger partial charge < -0.3 is 4.74 Å². The number of benzene rings is 2. The smallest absolute Gasteiger partial charge is 0.363 e. The number of ether oxygens (including phenoxy) is 1. The molecule has 0 aromatic heterocycles. The SMILES string of the molecule is O=C1OC(c2ccccc2F)=N/C1=C\c1cccc(Cl)c1. The molecule has 2 aromatic rings. The van der Waals surface area contributed by atoms with Crippen LogP contribution in [0.2, 0.25) is 5.02 Å². The normalized spacial score (nSPS) is 16.0.